The lowest BCUT2D eigenvalue weighted by molar-refractivity contribution is 0.0679. The lowest BCUT2D eigenvalue weighted by Crippen LogP contribution is -2.37. The molecule has 1 N–H and O–H groups in total. The third-order valence-corrected chi connectivity index (χ3v) is 6.45. The minimum atomic E-state index is -0.251. The molecule has 1 aromatic carbocycles. The number of benzene rings is 1. The fourth-order valence-corrected chi connectivity index (χ4v) is 4.51. The van der Waals surface area contributed by atoms with Crippen LogP contribution in [0.3, 0.4) is 0 Å². The summed E-state index contributed by atoms with van der Waals surface area (Å²) in [6, 6.07) is 11.0. The number of aryl methyl sites for hydroxylation is 1. The molecule has 0 saturated carbocycles. The molecular weight excluding hydrogens is 456 g/mol. The van der Waals surface area contributed by atoms with Gasteiger partial charge in [0.15, 0.2) is 10.4 Å². The highest BCUT2D eigenvalue weighted by Gasteiger charge is 2.28. The van der Waals surface area contributed by atoms with Gasteiger partial charge in [0, 0.05) is 24.7 Å². The van der Waals surface area contributed by atoms with E-state index in [0.717, 1.165) is 29.1 Å². The zero-order chi connectivity index (χ0) is 20.4. The number of para-hydroxylation sites is 1. The van der Waals surface area contributed by atoms with E-state index in [0.29, 0.717) is 28.5 Å². The van der Waals surface area contributed by atoms with Gasteiger partial charge in [-0.1, -0.05) is 29.5 Å². The fraction of sp³-hybridized carbons (Fsp3) is 0.300. The number of rotatable bonds is 4. The molecule has 0 bridgehead atoms. The molecule has 3 heterocycles. The highest BCUT2D eigenvalue weighted by molar-refractivity contribution is 9.10. The van der Waals surface area contributed by atoms with Crippen LogP contribution in [-0.2, 0) is 0 Å². The summed E-state index contributed by atoms with van der Waals surface area (Å²) < 4.78 is 5.90. The van der Waals surface area contributed by atoms with Gasteiger partial charge in [0.25, 0.3) is 11.8 Å². The highest BCUT2D eigenvalue weighted by Crippen LogP contribution is 2.31. The Morgan fingerprint density at radius 1 is 1.17 bits per heavy atom. The van der Waals surface area contributed by atoms with Crippen LogP contribution in [0, 0.1) is 6.92 Å². The fourth-order valence-electron chi connectivity index (χ4n) is 3.29. The number of carbonyl (C=O) groups excluding carboxylic acids is 2. The number of carbonyl (C=O) groups is 2. The molecule has 0 aliphatic carbocycles. The summed E-state index contributed by atoms with van der Waals surface area (Å²) in [5, 5.41) is 12.4. The van der Waals surface area contributed by atoms with Crippen molar-refractivity contribution < 1.29 is 14.0 Å². The van der Waals surface area contributed by atoms with E-state index in [2.05, 4.69) is 31.4 Å². The largest absolute Gasteiger partial charge is 0.444 e. The summed E-state index contributed by atoms with van der Waals surface area (Å²) in [6.45, 7) is 3.18. The molecular formula is C20H19BrN4O3S. The Hall–Kier alpha value is -2.52. The maximum Gasteiger partial charge on any atom is 0.289 e. The van der Waals surface area contributed by atoms with Crippen molar-refractivity contribution in [2.75, 3.05) is 18.4 Å². The summed E-state index contributed by atoms with van der Waals surface area (Å²) in [5.41, 5.74) is 1.76. The van der Waals surface area contributed by atoms with Crippen LogP contribution in [0.1, 0.15) is 49.7 Å². The molecule has 2 amide bonds. The van der Waals surface area contributed by atoms with Crippen LogP contribution < -0.4 is 5.32 Å². The van der Waals surface area contributed by atoms with E-state index in [9.17, 15) is 9.59 Å². The molecule has 4 rings (SSSR count). The zero-order valence-electron chi connectivity index (χ0n) is 15.7. The maximum atomic E-state index is 12.5. The van der Waals surface area contributed by atoms with Gasteiger partial charge >= 0.3 is 0 Å². The maximum absolute atomic E-state index is 12.5. The Morgan fingerprint density at radius 2 is 1.93 bits per heavy atom. The van der Waals surface area contributed by atoms with Crippen molar-refractivity contribution in [2.45, 2.75) is 25.7 Å². The lowest BCUT2D eigenvalue weighted by Gasteiger charge is -2.30. The third-order valence-electron chi connectivity index (χ3n) is 4.94. The Bertz CT molecular complexity index is 1040. The number of halogens is 1. The van der Waals surface area contributed by atoms with E-state index in [1.54, 1.807) is 17.0 Å². The lowest BCUT2D eigenvalue weighted by atomic mass is 9.97. The Balaban J connectivity index is 1.36. The molecule has 1 aliphatic rings. The molecule has 3 aromatic rings. The number of amides is 2. The van der Waals surface area contributed by atoms with Crippen molar-refractivity contribution in [3.05, 3.63) is 62.4 Å². The van der Waals surface area contributed by atoms with Crippen LogP contribution in [-0.4, -0.2) is 40.0 Å². The average Bonchev–Trinajstić information content (AvgIpc) is 3.39. The first kappa shape index (κ1) is 19.8. The van der Waals surface area contributed by atoms with Crippen molar-refractivity contribution in [1.29, 1.82) is 0 Å². The quantitative estimate of drug-likeness (QED) is 0.602. The number of nitrogens with one attached hydrogen (secondary N) is 1. The van der Waals surface area contributed by atoms with Gasteiger partial charge in [0.2, 0.25) is 5.01 Å². The zero-order valence-corrected chi connectivity index (χ0v) is 18.1. The number of hydrogen-bond donors (Lipinski definition) is 1. The van der Waals surface area contributed by atoms with Gasteiger partial charge in [-0.25, -0.2) is 0 Å². The smallest absolute Gasteiger partial charge is 0.289 e. The molecule has 0 spiro atoms. The third kappa shape index (κ3) is 4.40. The van der Waals surface area contributed by atoms with Gasteiger partial charge in [0.1, 0.15) is 5.01 Å². The highest BCUT2D eigenvalue weighted by atomic mass is 79.9. The standard InChI is InChI=1S/C20H19BrN4O3S/c1-12-4-2-3-5-14(12)22-17(26)19-24-23-18(29-19)13-8-10-25(11-9-13)20(27)15-6-7-16(21)28-15/h2-7,13H,8-11H2,1H3,(H,22,26). The molecule has 7 nitrogen and oxygen atoms in total. The number of aromatic nitrogens is 2. The molecule has 1 fully saturated rings. The van der Waals surface area contributed by atoms with Crippen LogP contribution in [0.5, 0.6) is 0 Å². The molecule has 9 heteroatoms. The first-order valence-electron chi connectivity index (χ1n) is 9.26. The Kier molecular flexibility index (Phi) is 5.77. The van der Waals surface area contributed by atoms with Gasteiger partial charge in [0.05, 0.1) is 0 Å². The Morgan fingerprint density at radius 3 is 2.62 bits per heavy atom. The minimum absolute atomic E-state index is 0.107. The van der Waals surface area contributed by atoms with E-state index in [1.807, 2.05) is 31.2 Å². The first-order chi connectivity index (χ1) is 14.0. The topological polar surface area (TPSA) is 88.3 Å². The van der Waals surface area contributed by atoms with Crippen LogP contribution in [0.2, 0.25) is 0 Å². The molecule has 0 atom stereocenters. The predicted octanol–water partition coefficient (Wildman–Crippen LogP) is 4.47. The number of likely N-dealkylation sites (tertiary alicyclic amines) is 1. The van der Waals surface area contributed by atoms with Crippen molar-refractivity contribution in [3.63, 3.8) is 0 Å². The van der Waals surface area contributed by atoms with Crippen LogP contribution in [0.15, 0.2) is 45.5 Å². The second-order valence-electron chi connectivity index (χ2n) is 6.88. The Labute approximate surface area is 180 Å². The molecule has 0 radical (unpaired) electrons. The van der Waals surface area contributed by atoms with E-state index < -0.39 is 0 Å². The molecule has 2 aromatic heterocycles. The van der Waals surface area contributed by atoms with Crippen LogP contribution >= 0.6 is 27.3 Å². The number of anilines is 1. The number of nitrogens with zero attached hydrogens (tertiary/aromatic N) is 3. The summed E-state index contributed by atoms with van der Waals surface area (Å²) in [5.74, 6) is 0.171. The number of furan rings is 1. The second-order valence-corrected chi connectivity index (χ2v) is 8.68. The monoisotopic (exact) mass is 474 g/mol. The summed E-state index contributed by atoms with van der Waals surface area (Å²) in [7, 11) is 0. The van der Waals surface area contributed by atoms with Crippen molar-refractivity contribution in [3.8, 4) is 0 Å². The van der Waals surface area contributed by atoms with Gasteiger partial charge in [-0.2, -0.15) is 0 Å². The van der Waals surface area contributed by atoms with Gasteiger partial charge < -0.3 is 14.6 Å². The first-order valence-corrected chi connectivity index (χ1v) is 10.9. The van der Waals surface area contributed by atoms with Crippen molar-refractivity contribution in [1.82, 2.24) is 15.1 Å². The van der Waals surface area contributed by atoms with Crippen molar-refractivity contribution in [2.24, 2.45) is 0 Å². The van der Waals surface area contributed by atoms with Crippen LogP contribution in [0.25, 0.3) is 0 Å². The van der Waals surface area contributed by atoms with Crippen molar-refractivity contribution >= 4 is 44.8 Å². The average molecular weight is 475 g/mol. The number of hydrogen-bond acceptors (Lipinski definition) is 6. The van der Waals surface area contributed by atoms with E-state index in [4.69, 9.17) is 4.42 Å². The predicted molar refractivity (Wildman–Crippen MR) is 113 cm³/mol. The van der Waals surface area contributed by atoms with Gasteiger partial charge in [-0.05, 0) is 59.5 Å². The van der Waals surface area contributed by atoms with Gasteiger partial charge in [-0.15, -0.1) is 10.2 Å². The van der Waals surface area contributed by atoms with Crippen LogP contribution in [0.4, 0.5) is 5.69 Å². The summed E-state index contributed by atoms with van der Waals surface area (Å²) in [4.78, 5) is 26.8. The van der Waals surface area contributed by atoms with E-state index in [-0.39, 0.29) is 17.7 Å². The minimum Gasteiger partial charge on any atom is -0.444 e. The summed E-state index contributed by atoms with van der Waals surface area (Å²) >= 11 is 4.54. The molecule has 150 valence electrons. The molecule has 1 aliphatic heterocycles. The van der Waals surface area contributed by atoms with E-state index >= 15 is 0 Å². The second kappa shape index (κ2) is 8.46. The number of piperidine rings is 1. The van der Waals surface area contributed by atoms with Gasteiger partial charge in [-0.3, -0.25) is 9.59 Å². The molecule has 0 unspecified atom stereocenters. The van der Waals surface area contributed by atoms with E-state index in [1.165, 1.54) is 11.3 Å². The molecule has 29 heavy (non-hydrogen) atoms. The SMILES string of the molecule is Cc1ccccc1NC(=O)c1nnc(C2CCN(C(=O)c3ccc(Br)o3)CC2)s1. The summed E-state index contributed by atoms with van der Waals surface area (Å²) in [6.07, 6.45) is 1.56. The molecule has 1 saturated heterocycles. The normalized spacial score (nSPS) is 14.8.